The van der Waals surface area contributed by atoms with Gasteiger partial charge in [-0.3, -0.25) is 9.89 Å². The Morgan fingerprint density at radius 2 is 1.96 bits per heavy atom. The highest BCUT2D eigenvalue weighted by Crippen LogP contribution is 2.20. The number of H-pyrrole nitrogens is 1. The summed E-state index contributed by atoms with van der Waals surface area (Å²) in [5.41, 5.74) is 2.20. The van der Waals surface area contributed by atoms with Crippen LogP contribution < -0.4 is 5.32 Å². The first-order valence-electron chi connectivity index (χ1n) is 8.94. The van der Waals surface area contributed by atoms with Crippen LogP contribution in [0, 0.1) is 5.92 Å². The highest BCUT2D eigenvalue weighted by molar-refractivity contribution is 7.99. The van der Waals surface area contributed by atoms with E-state index in [0.29, 0.717) is 17.4 Å². The Morgan fingerprint density at radius 1 is 1.26 bits per heavy atom. The van der Waals surface area contributed by atoms with Gasteiger partial charge in [0.2, 0.25) is 11.1 Å². The minimum absolute atomic E-state index is 0.123. The van der Waals surface area contributed by atoms with Gasteiger partial charge in [0, 0.05) is 5.56 Å². The molecule has 1 atom stereocenters. The number of aromatic nitrogens is 3. The fourth-order valence-electron chi connectivity index (χ4n) is 2.53. The van der Waals surface area contributed by atoms with Gasteiger partial charge in [0.25, 0.3) is 0 Å². The molecule has 0 aliphatic rings. The smallest absolute Gasteiger partial charge is 0.328 e. The van der Waals surface area contributed by atoms with Crippen molar-refractivity contribution in [3.63, 3.8) is 0 Å². The van der Waals surface area contributed by atoms with Crippen LogP contribution in [0.3, 0.4) is 0 Å². The first-order chi connectivity index (χ1) is 12.9. The number of amides is 1. The number of methoxy groups -OCH3 is 1. The number of hydrogen-bond acceptors (Lipinski definition) is 6. The van der Waals surface area contributed by atoms with Gasteiger partial charge in [-0.1, -0.05) is 56.8 Å². The van der Waals surface area contributed by atoms with Crippen molar-refractivity contribution in [2.24, 2.45) is 5.92 Å². The van der Waals surface area contributed by atoms with Crippen LogP contribution >= 0.6 is 11.8 Å². The lowest BCUT2D eigenvalue weighted by Gasteiger charge is -2.17. The minimum Gasteiger partial charge on any atom is -0.467 e. The quantitative estimate of drug-likeness (QED) is 0.505. The molecule has 2 N–H and O–H groups in total. The molecule has 0 fully saturated rings. The van der Waals surface area contributed by atoms with Gasteiger partial charge in [-0.2, -0.15) is 0 Å². The molecule has 8 heteroatoms. The Bertz CT molecular complexity index is 759. The van der Waals surface area contributed by atoms with Crippen molar-refractivity contribution < 1.29 is 14.3 Å². The molecule has 1 amide bonds. The normalized spacial score (nSPS) is 12.0. The van der Waals surface area contributed by atoms with Crippen molar-refractivity contribution in [1.82, 2.24) is 20.5 Å². The second kappa shape index (κ2) is 10.1. The predicted molar refractivity (Wildman–Crippen MR) is 105 cm³/mol. The van der Waals surface area contributed by atoms with E-state index >= 15 is 0 Å². The Hall–Kier alpha value is -2.35. The van der Waals surface area contributed by atoms with E-state index in [0.717, 1.165) is 12.0 Å². The SMILES string of the molecule is CCc1ccc(-c2nc(SCC(=O)N[C@@H](CC(C)C)C(=O)OC)n[nH]2)cc1. The Balaban J connectivity index is 1.91. The van der Waals surface area contributed by atoms with Gasteiger partial charge in [-0.15, -0.1) is 5.10 Å². The molecule has 0 radical (unpaired) electrons. The number of aryl methyl sites for hydroxylation is 1. The van der Waals surface area contributed by atoms with E-state index in [2.05, 4.69) is 39.6 Å². The molecule has 27 heavy (non-hydrogen) atoms. The number of esters is 1. The van der Waals surface area contributed by atoms with Crippen molar-refractivity contribution in [3.8, 4) is 11.4 Å². The molecule has 1 aromatic heterocycles. The lowest BCUT2D eigenvalue weighted by Crippen LogP contribution is -2.43. The number of ether oxygens (including phenoxy) is 1. The van der Waals surface area contributed by atoms with Gasteiger partial charge in [0.05, 0.1) is 12.9 Å². The van der Waals surface area contributed by atoms with Crippen molar-refractivity contribution >= 4 is 23.6 Å². The molecule has 2 rings (SSSR count). The van der Waals surface area contributed by atoms with Gasteiger partial charge in [-0.25, -0.2) is 9.78 Å². The summed E-state index contributed by atoms with van der Waals surface area (Å²) in [6.45, 7) is 6.08. The number of aromatic amines is 1. The average Bonchev–Trinajstić information content (AvgIpc) is 3.14. The molecule has 0 spiro atoms. The van der Waals surface area contributed by atoms with Crippen LogP contribution in [0.15, 0.2) is 29.4 Å². The summed E-state index contributed by atoms with van der Waals surface area (Å²) in [6.07, 6.45) is 1.51. The van der Waals surface area contributed by atoms with E-state index in [9.17, 15) is 9.59 Å². The Labute approximate surface area is 163 Å². The van der Waals surface area contributed by atoms with E-state index in [1.807, 2.05) is 26.0 Å². The summed E-state index contributed by atoms with van der Waals surface area (Å²) in [7, 11) is 1.32. The lowest BCUT2D eigenvalue weighted by atomic mass is 10.0. The number of rotatable bonds is 9. The highest BCUT2D eigenvalue weighted by atomic mass is 32.2. The fourth-order valence-corrected chi connectivity index (χ4v) is 3.14. The second-order valence-electron chi connectivity index (χ2n) is 6.58. The number of carbonyl (C=O) groups is 2. The minimum atomic E-state index is -0.636. The van der Waals surface area contributed by atoms with Crippen molar-refractivity contribution in [2.75, 3.05) is 12.9 Å². The number of nitrogens with one attached hydrogen (secondary N) is 2. The number of carbonyl (C=O) groups excluding carboxylic acids is 2. The summed E-state index contributed by atoms with van der Waals surface area (Å²) in [5, 5.41) is 10.2. The third kappa shape index (κ3) is 6.39. The fraction of sp³-hybridized carbons (Fsp3) is 0.474. The molecule has 0 bridgehead atoms. The molecule has 0 aliphatic heterocycles. The van der Waals surface area contributed by atoms with Crippen LogP contribution in [-0.4, -0.2) is 46.0 Å². The molecular weight excluding hydrogens is 364 g/mol. The zero-order chi connectivity index (χ0) is 19.8. The third-order valence-electron chi connectivity index (χ3n) is 3.96. The predicted octanol–water partition coefficient (Wildman–Crippen LogP) is 2.83. The van der Waals surface area contributed by atoms with Crippen LogP contribution in [0.25, 0.3) is 11.4 Å². The van der Waals surface area contributed by atoms with Crippen molar-refractivity contribution in [2.45, 2.75) is 44.8 Å². The van der Waals surface area contributed by atoms with E-state index in [-0.39, 0.29) is 17.6 Å². The van der Waals surface area contributed by atoms with Crippen LogP contribution in [-0.2, 0) is 20.7 Å². The Kier molecular flexibility index (Phi) is 7.84. The number of hydrogen-bond donors (Lipinski definition) is 2. The number of nitrogens with zero attached hydrogens (tertiary/aromatic N) is 2. The summed E-state index contributed by atoms with van der Waals surface area (Å²) < 4.78 is 4.76. The monoisotopic (exact) mass is 390 g/mol. The zero-order valence-electron chi connectivity index (χ0n) is 16.1. The van der Waals surface area contributed by atoms with Gasteiger partial charge >= 0.3 is 5.97 Å². The van der Waals surface area contributed by atoms with Crippen LogP contribution in [0.4, 0.5) is 0 Å². The Morgan fingerprint density at radius 3 is 2.56 bits per heavy atom. The molecule has 1 heterocycles. The van der Waals surface area contributed by atoms with Crippen LogP contribution in [0.2, 0.25) is 0 Å². The summed E-state index contributed by atoms with van der Waals surface area (Å²) in [6, 6.07) is 7.46. The van der Waals surface area contributed by atoms with E-state index in [4.69, 9.17) is 4.74 Å². The largest absolute Gasteiger partial charge is 0.467 e. The standard InChI is InChI=1S/C19H26N4O3S/c1-5-13-6-8-14(9-7-13)17-21-19(23-22-17)27-11-16(24)20-15(10-12(2)3)18(25)26-4/h6-9,12,15H,5,10-11H2,1-4H3,(H,20,24)(H,21,22,23)/t15-/m0/s1. The number of benzene rings is 1. The molecule has 0 unspecified atom stereocenters. The highest BCUT2D eigenvalue weighted by Gasteiger charge is 2.22. The molecule has 0 saturated heterocycles. The van der Waals surface area contributed by atoms with Gasteiger partial charge < -0.3 is 10.1 Å². The second-order valence-corrected chi connectivity index (χ2v) is 7.52. The maximum Gasteiger partial charge on any atom is 0.328 e. The van der Waals surface area contributed by atoms with Crippen LogP contribution in [0.1, 0.15) is 32.8 Å². The van der Waals surface area contributed by atoms with Crippen LogP contribution in [0.5, 0.6) is 0 Å². The van der Waals surface area contributed by atoms with E-state index in [1.54, 1.807) is 0 Å². The molecule has 2 aromatic rings. The van der Waals surface area contributed by atoms with Gasteiger partial charge in [0.15, 0.2) is 5.82 Å². The molecule has 1 aromatic carbocycles. The average molecular weight is 391 g/mol. The van der Waals surface area contributed by atoms with Gasteiger partial charge in [-0.05, 0) is 24.3 Å². The molecule has 0 saturated carbocycles. The summed E-state index contributed by atoms with van der Waals surface area (Å²) in [5.74, 6) is 0.356. The molecule has 146 valence electrons. The van der Waals surface area contributed by atoms with Crippen molar-refractivity contribution in [3.05, 3.63) is 29.8 Å². The van der Waals surface area contributed by atoms with Crippen molar-refractivity contribution in [1.29, 1.82) is 0 Å². The van der Waals surface area contributed by atoms with E-state index < -0.39 is 12.0 Å². The maximum absolute atomic E-state index is 12.2. The first-order valence-corrected chi connectivity index (χ1v) is 9.93. The molecular formula is C19H26N4O3S. The zero-order valence-corrected chi connectivity index (χ0v) is 16.9. The van der Waals surface area contributed by atoms with E-state index in [1.165, 1.54) is 24.4 Å². The summed E-state index contributed by atoms with van der Waals surface area (Å²) in [4.78, 5) is 28.4. The topological polar surface area (TPSA) is 97.0 Å². The first kappa shape index (κ1) is 21.0. The number of thioether (sulfide) groups is 1. The lowest BCUT2D eigenvalue weighted by molar-refractivity contribution is -0.145. The third-order valence-corrected chi connectivity index (χ3v) is 4.81. The molecule has 7 nitrogen and oxygen atoms in total. The van der Waals surface area contributed by atoms with Gasteiger partial charge in [0.1, 0.15) is 6.04 Å². The summed E-state index contributed by atoms with van der Waals surface area (Å²) >= 11 is 1.21. The maximum atomic E-state index is 12.2. The molecule has 0 aliphatic carbocycles.